The molecule has 1 unspecified atom stereocenters. The first-order chi connectivity index (χ1) is 8.83. The van der Waals surface area contributed by atoms with Gasteiger partial charge in [-0.05, 0) is 54.5 Å². The molecule has 2 heterocycles. The minimum Gasteiger partial charge on any atom is -0.354 e. The molecular weight excluding hydrogens is 222 g/mol. The summed E-state index contributed by atoms with van der Waals surface area (Å²) in [6.45, 7) is 1.00. The molecule has 1 fully saturated rings. The van der Waals surface area contributed by atoms with Gasteiger partial charge in [0.15, 0.2) is 0 Å². The number of nitrogens with two attached hydrogens (primary N) is 1. The highest BCUT2D eigenvalue weighted by molar-refractivity contribution is 5.18. The summed E-state index contributed by atoms with van der Waals surface area (Å²) in [6.07, 6.45) is 11.7. The molecule has 18 heavy (non-hydrogen) atoms. The van der Waals surface area contributed by atoms with Crippen LogP contribution >= 0.6 is 0 Å². The lowest BCUT2D eigenvalue weighted by molar-refractivity contribution is 0.626. The van der Waals surface area contributed by atoms with Crippen LogP contribution in [0.1, 0.15) is 30.0 Å². The summed E-state index contributed by atoms with van der Waals surface area (Å²) in [6, 6.07) is 6.54. The number of hydrogen-bond donors (Lipinski definition) is 1. The molecule has 1 aliphatic rings. The van der Waals surface area contributed by atoms with Crippen molar-refractivity contribution in [3.05, 3.63) is 54.1 Å². The Morgan fingerprint density at radius 3 is 2.78 bits per heavy atom. The number of aryl methyl sites for hydroxylation is 2. The van der Waals surface area contributed by atoms with E-state index in [2.05, 4.69) is 40.1 Å². The monoisotopic (exact) mass is 241 g/mol. The Bertz CT molecular complexity index is 499. The van der Waals surface area contributed by atoms with Crippen molar-refractivity contribution in [2.45, 2.75) is 31.8 Å². The van der Waals surface area contributed by atoms with E-state index < -0.39 is 0 Å². The molecule has 2 N–H and O–H groups in total. The van der Waals surface area contributed by atoms with Gasteiger partial charge in [-0.15, -0.1) is 0 Å². The average molecular weight is 241 g/mol. The second-order valence-electron chi connectivity index (χ2n) is 5.15. The van der Waals surface area contributed by atoms with Gasteiger partial charge in [0.25, 0.3) is 0 Å². The first-order valence-corrected chi connectivity index (χ1v) is 6.63. The third kappa shape index (κ3) is 2.62. The second kappa shape index (κ2) is 4.94. The molecule has 0 bridgehead atoms. The van der Waals surface area contributed by atoms with Crippen molar-refractivity contribution < 1.29 is 0 Å². The van der Waals surface area contributed by atoms with E-state index >= 15 is 0 Å². The first-order valence-electron chi connectivity index (χ1n) is 6.63. The molecule has 0 amide bonds. The molecule has 1 atom stereocenters. The van der Waals surface area contributed by atoms with Crippen molar-refractivity contribution in [2.24, 2.45) is 11.7 Å². The minimum atomic E-state index is 0.243. The van der Waals surface area contributed by atoms with Gasteiger partial charge in [0, 0.05) is 37.4 Å². The van der Waals surface area contributed by atoms with Gasteiger partial charge in [-0.1, -0.05) is 0 Å². The van der Waals surface area contributed by atoms with Gasteiger partial charge in [-0.25, -0.2) is 0 Å². The highest BCUT2D eigenvalue weighted by Crippen LogP contribution is 2.39. The van der Waals surface area contributed by atoms with Crippen LogP contribution in [-0.4, -0.2) is 9.55 Å². The average Bonchev–Trinajstić information content (AvgIpc) is 3.15. The summed E-state index contributed by atoms with van der Waals surface area (Å²) in [7, 11) is 0. The van der Waals surface area contributed by atoms with E-state index in [1.54, 1.807) is 0 Å². The van der Waals surface area contributed by atoms with Gasteiger partial charge in [-0.2, -0.15) is 0 Å². The lowest BCUT2D eigenvalue weighted by Gasteiger charge is -2.07. The van der Waals surface area contributed by atoms with E-state index in [9.17, 15) is 0 Å². The van der Waals surface area contributed by atoms with Crippen molar-refractivity contribution in [3.8, 4) is 0 Å². The maximum atomic E-state index is 6.20. The fraction of sp³-hybridized carbons (Fsp3) is 0.400. The van der Waals surface area contributed by atoms with Crippen LogP contribution in [-0.2, 0) is 13.0 Å². The van der Waals surface area contributed by atoms with Crippen LogP contribution in [0, 0.1) is 5.92 Å². The maximum absolute atomic E-state index is 6.20. The summed E-state index contributed by atoms with van der Waals surface area (Å²) < 4.78 is 2.23. The van der Waals surface area contributed by atoms with Gasteiger partial charge in [-0.3, -0.25) is 4.98 Å². The fourth-order valence-electron chi connectivity index (χ4n) is 2.33. The van der Waals surface area contributed by atoms with Crippen LogP contribution in [0.4, 0.5) is 0 Å². The van der Waals surface area contributed by atoms with E-state index in [0.717, 1.165) is 18.9 Å². The standard InChI is InChI=1S/C15H19N3/c16-15(13-1-2-13)14-6-10-18(11-14)9-5-12-3-7-17-8-4-12/h3-4,6-8,10-11,13,15H,1-2,5,9,16H2. The SMILES string of the molecule is NC(c1ccn(CCc2ccncc2)c1)C1CC1. The number of rotatable bonds is 5. The van der Waals surface area contributed by atoms with Crippen molar-refractivity contribution in [3.63, 3.8) is 0 Å². The molecule has 2 aromatic heterocycles. The highest BCUT2D eigenvalue weighted by atomic mass is 14.9. The zero-order valence-corrected chi connectivity index (χ0v) is 10.5. The molecule has 0 spiro atoms. The Kier molecular flexibility index (Phi) is 3.15. The van der Waals surface area contributed by atoms with Gasteiger partial charge >= 0.3 is 0 Å². The second-order valence-corrected chi connectivity index (χ2v) is 5.15. The molecule has 3 rings (SSSR count). The third-order valence-electron chi connectivity index (χ3n) is 3.70. The zero-order chi connectivity index (χ0) is 12.4. The lowest BCUT2D eigenvalue weighted by atomic mass is 10.1. The van der Waals surface area contributed by atoms with Crippen molar-refractivity contribution >= 4 is 0 Å². The summed E-state index contributed by atoms with van der Waals surface area (Å²) >= 11 is 0. The summed E-state index contributed by atoms with van der Waals surface area (Å²) in [5, 5.41) is 0. The van der Waals surface area contributed by atoms with Gasteiger partial charge < -0.3 is 10.3 Å². The summed E-state index contributed by atoms with van der Waals surface area (Å²) in [4.78, 5) is 4.03. The van der Waals surface area contributed by atoms with E-state index in [0.29, 0.717) is 0 Å². The summed E-state index contributed by atoms with van der Waals surface area (Å²) in [5.41, 5.74) is 8.81. The normalized spacial score (nSPS) is 16.7. The van der Waals surface area contributed by atoms with Crippen molar-refractivity contribution in [2.75, 3.05) is 0 Å². The molecule has 0 aliphatic heterocycles. The Morgan fingerprint density at radius 2 is 2.06 bits per heavy atom. The smallest absolute Gasteiger partial charge is 0.0338 e. The van der Waals surface area contributed by atoms with Crippen molar-refractivity contribution in [1.29, 1.82) is 0 Å². The molecule has 94 valence electrons. The molecule has 0 saturated heterocycles. The molecule has 0 aromatic carbocycles. The van der Waals surface area contributed by atoms with E-state index in [4.69, 9.17) is 5.73 Å². The largest absolute Gasteiger partial charge is 0.354 e. The zero-order valence-electron chi connectivity index (χ0n) is 10.5. The fourth-order valence-corrected chi connectivity index (χ4v) is 2.33. The predicted octanol–water partition coefficient (Wildman–Crippen LogP) is 2.54. The topological polar surface area (TPSA) is 43.8 Å². The molecule has 1 saturated carbocycles. The Hall–Kier alpha value is -1.61. The van der Waals surface area contributed by atoms with Crippen LogP contribution in [0.3, 0.4) is 0 Å². The lowest BCUT2D eigenvalue weighted by Crippen LogP contribution is -2.11. The van der Waals surface area contributed by atoms with Crippen LogP contribution in [0.5, 0.6) is 0 Å². The molecule has 1 aliphatic carbocycles. The number of aromatic nitrogens is 2. The van der Waals surface area contributed by atoms with Crippen LogP contribution < -0.4 is 5.73 Å². The van der Waals surface area contributed by atoms with Crippen molar-refractivity contribution in [1.82, 2.24) is 9.55 Å². The molecule has 0 radical (unpaired) electrons. The number of nitrogens with zero attached hydrogens (tertiary/aromatic N) is 2. The predicted molar refractivity (Wildman–Crippen MR) is 72.0 cm³/mol. The van der Waals surface area contributed by atoms with Crippen LogP contribution in [0.25, 0.3) is 0 Å². The van der Waals surface area contributed by atoms with E-state index in [1.165, 1.54) is 24.0 Å². The maximum Gasteiger partial charge on any atom is 0.0338 e. The number of pyridine rings is 1. The summed E-state index contributed by atoms with van der Waals surface area (Å²) in [5.74, 6) is 0.723. The third-order valence-corrected chi connectivity index (χ3v) is 3.70. The van der Waals surface area contributed by atoms with Gasteiger partial charge in [0.1, 0.15) is 0 Å². The van der Waals surface area contributed by atoms with Crippen LogP contribution in [0.15, 0.2) is 43.0 Å². The van der Waals surface area contributed by atoms with Crippen LogP contribution in [0.2, 0.25) is 0 Å². The molecule has 3 heteroatoms. The minimum absolute atomic E-state index is 0.243. The van der Waals surface area contributed by atoms with Gasteiger partial charge in [0.2, 0.25) is 0 Å². The number of hydrogen-bond acceptors (Lipinski definition) is 2. The molecule has 3 nitrogen and oxygen atoms in total. The van der Waals surface area contributed by atoms with Gasteiger partial charge in [0.05, 0.1) is 0 Å². The molecule has 2 aromatic rings. The Balaban J connectivity index is 1.60. The Labute approximate surface area is 108 Å². The first kappa shape index (κ1) is 11.5. The molecular formula is C15H19N3. The quantitative estimate of drug-likeness (QED) is 0.874. The Morgan fingerprint density at radius 1 is 1.28 bits per heavy atom. The highest BCUT2D eigenvalue weighted by Gasteiger charge is 2.29. The van der Waals surface area contributed by atoms with E-state index in [-0.39, 0.29) is 6.04 Å². The van der Waals surface area contributed by atoms with E-state index in [1.807, 2.05) is 12.4 Å².